The number of thiazole rings is 1. The van der Waals surface area contributed by atoms with E-state index in [0.717, 1.165) is 22.5 Å². The van der Waals surface area contributed by atoms with Crippen LogP contribution in [-0.2, 0) is 24.0 Å². The number of β-lactam (4-membered cyclic amide) rings is 1. The number of benzene rings is 2. The lowest BCUT2D eigenvalue weighted by Gasteiger charge is -2.49. The van der Waals surface area contributed by atoms with Crippen molar-refractivity contribution < 1.29 is 24.0 Å². The lowest BCUT2D eigenvalue weighted by molar-refractivity contribution is -0.154. The second kappa shape index (κ2) is 11.8. The van der Waals surface area contributed by atoms with Crippen LogP contribution in [0.25, 0.3) is 0 Å². The van der Waals surface area contributed by atoms with E-state index in [4.69, 9.17) is 15.3 Å². The molecule has 2 atom stereocenters. The Morgan fingerprint density at radius 2 is 1.82 bits per heavy atom. The van der Waals surface area contributed by atoms with Crippen LogP contribution in [0.3, 0.4) is 0 Å². The molecule has 1 saturated heterocycles. The molecular weight excluding hydrogens is 550 g/mol. The maximum atomic E-state index is 13.7. The van der Waals surface area contributed by atoms with Crippen LogP contribution in [0.2, 0.25) is 0 Å². The summed E-state index contributed by atoms with van der Waals surface area (Å²) in [6.07, 6.45) is 0.862. The predicted octanol–water partition coefficient (Wildman–Crippen LogP) is 3.25. The number of allylic oxidation sites excluding steroid dienone is 1. The minimum atomic E-state index is -0.899. The highest BCUT2D eigenvalue weighted by atomic mass is 32.2. The van der Waals surface area contributed by atoms with Gasteiger partial charge in [0, 0.05) is 11.1 Å². The zero-order valence-electron chi connectivity index (χ0n) is 21.4. The lowest BCUT2D eigenvalue weighted by atomic mass is 10.0. The van der Waals surface area contributed by atoms with Crippen LogP contribution in [0.4, 0.5) is 5.13 Å². The highest BCUT2D eigenvalue weighted by molar-refractivity contribution is 8.00. The number of nitrogens with two attached hydrogens (primary N) is 1. The maximum Gasteiger partial charge on any atom is 0.356 e. The number of nitrogens with zero attached hydrogens (tertiary/aromatic N) is 3. The van der Waals surface area contributed by atoms with Gasteiger partial charge in [-0.05, 0) is 16.7 Å². The number of nitrogens with one attached hydrogen (secondary N) is 1. The van der Waals surface area contributed by atoms with E-state index in [0.29, 0.717) is 11.3 Å². The van der Waals surface area contributed by atoms with Gasteiger partial charge in [0.25, 0.3) is 11.8 Å². The van der Waals surface area contributed by atoms with Crippen molar-refractivity contribution in [1.82, 2.24) is 15.2 Å². The molecule has 10 nitrogen and oxygen atoms in total. The molecule has 0 saturated carbocycles. The topological polar surface area (TPSA) is 136 Å². The number of nitrogen functional groups attached to an aromatic ring is 1. The Bertz CT molecular complexity index is 1470. The van der Waals surface area contributed by atoms with E-state index in [9.17, 15) is 14.4 Å². The summed E-state index contributed by atoms with van der Waals surface area (Å²) in [5.74, 6) is -1.36. The Morgan fingerprint density at radius 3 is 2.38 bits per heavy atom. The average Bonchev–Trinajstić information content (AvgIpc) is 3.42. The lowest BCUT2D eigenvalue weighted by Crippen LogP contribution is -2.71. The first kappa shape index (κ1) is 27.2. The fourth-order valence-electron chi connectivity index (χ4n) is 4.44. The Kier molecular flexibility index (Phi) is 7.99. The number of ether oxygens (including phenoxy) is 1. The molecule has 2 aromatic carbocycles. The molecule has 204 valence electrons. The van der Waals surface area contributed by atoms with Gasteiger partial charge < -0.3 is 20.6 Å². The van der Waals surface area contributed by atoms with Gasteiger partial charge in [0.15, 0.2) is 16.9 Å². The summed E-state index contributed by atoms with van der Waals surface area (Å²) in [5, 5.41) is 7.78. The van der Waals surface area contributed by atoms with Crippen molar-refractivity contribution in [3.8, 4) is 0 Å². The van der Waals surface area contributed by atoms with E-state index in [1.54, 1.807) is 11.5 Å². The van der Waals surface area contributed by atoms with Crippen molar-refractivity contribution in [1.29, 1.82) is 0 Å². The molecule has 0 bridgehead atoms. The Labute approximate surface area is 238 Å². The third kappa shape index (κ3) is 5.23. The number of oxime groups is 1. The molecule has 3 N–H and O–H groups in total. The summed E-state index contributed by atoms with van der Waals surface area (Å²) in [6.45, 7) is 3.84. The van der Waals surface area contributed by atoms with E-state index in [-0.39, 0.29) is 22.2 Å². The van der Waals surface area contributed by atoms with Crippen LogP contribution < -0.4 is 11.1 Å². The average molecular weight is 576 g/mol. The fourth-order valence-corrected chi connectivity index (χ4v) is 6.33. The summed E-state index contributed by atoms with van der Waals surface area (Å²) < 4.78 is 6.05. The van der Waals surface area contributed by atoms with Gasteiger partial charge in [-0.25, -0.2) is 9.78 Å². The van der Waals surface area contributed by atoms with Crippen molar-refractivity contribution in [3.63, 3.8) is 0 Å². The SMILES string of the molecule is C=CC1=C(C(=O)OC(c2ccccc2)c2ccccc2)N2C(=O)C(NC(=O)C(=NOC)c3csc(N)n3)[C@@H]2SC1. The number of anilines is 1. The van der Waals surface area contributed by atoms with Crippen LogP contribution in [0, 0.1) is 0 Å². The normalized spacial score (nSPS) is 18.6. The zero-order chi connectivity index (χ0) is 28.2. The van der Waals surface area contributed by atoms with E-state index < -0.39 is 35.3 Å². The molecule has 1 unspecified atom stereocenters. The Morgan fingerprint density at radius 1 is 1.18 bits per heavy atom. The summed E-state index contributed by atoms with van der Waals surface area (Å²) in [7, 11) is 1.30. The number of fused-ring (bicyclic) bond motifs is 1. The van der Waals surface area contributed by atoms with Crippen molar-refractivity contribution in [3.05, 3.63) is 107 Å². The van der Waals surface area contributed by atoms with Gasteiger partial charge in [0.2, 0.25) is 0 Å². The van der Waals surface area contributed by atoms with Crippen molar-refractivity contribution in [2.45, 2.75) is 17.5 Å². The van der Waals surface area contributed by atoms with Gasteiger partial charge in [-0.3, -0.25) is 14.5 Å². The number of hydrogen-bond donors (Lipinski definition) is 2. The number of esters is 1. The van der Waals surface area contributed by atoms with Crippen molar-refractivity contribution >= 4 is 51.7 Å². The van der Waals surface area contributed by atoms with Crippen LogP contribution in [-0.4, -0.2) is 57.7 Å². The molecule has 0 radical (unpaired) electrons. The molecule has 2 amide bonds. The summed E-state index contributed by atoms with van der Waals surface area (Å²) in [5.41, 5.74) is 8.08. The van der Waals surface area contributed by atoms with E-state index >= 15 is 0 Å². The number of amides is 2. The van der Waals surface area contributed by atoms with Gasteiger partial charge in [-0.1, -0.05) is 78.5 Å². The number of thioether (sulfide) groups is 1. The number of hydrogen-bond acceptors (Lipinski definition) is 10. The second-order valence-electron chi connectivity index (χ2n) is 8.74. The molecule has 5 rings (SSSR count). The molecule has 1 fully saturated rings. The quantitative estimate of drug-likeness (QED) is 0.172. The van der Waals surface area contributed by atoms with Crippen LogP contribution in [0.1, 0.15) is 22.9 Å². The minimum absolute atomic E-state index is 0.113. The molecular formula is C28H25N5O5S2. The molecule has 2 aliphatic heterocycles. The van der Waals surface area contributed by atoms with Gasteiger partial charge >= 0.3 is 5.97 Å². The number of rotatable bonds is 9. The fraction of sp³-hybridized carbons (Fsp3) is 0.179. The number of carbonyl (C=O) groups excluding carboxylic acids is 3. The van der Waals surface area contributed by atoms with E-state index in [1.165, 1.54) is 23.8 Å². The standard InChI is InChI=1S/C28H25N5O5S2/c1-3-16-14-39-26-21(31-24(34)20(32-37-2)19-15-40-28(29)30-19)25(35)33(26)22(16)27(36)38-23(17-10-6-4-7-11-17)18-12-8-5-9-13-18/h3-13,15,21,23,26H,1,14H2,2H3,(H2,29,30)(H,31,34)/t21?,26-/m0/s1. The van der Waals surface area contributed by atoms with Gasteiger partial charge in [-0.15, -0.1) is 23.1 Å². The zero-order valence-corrected chi connectivity index (χ0v) is 23.0. The smallest absolute Gasteiger partial charge is 0.356 e. The molecule has 40 heavy (non-hydrogen) atoms. The summed E-state index contributed by atoms with van der Waals surface area (Å²) in [4.78, 5) is 50.4. The first-order valence-electron chi connectivity index (χ1n) is 12.2. The monoisotopic (exact) mass is 575 g/mol. The molecule has 0 aliphatic carbocycles. The molecule has 2 aliphatic rings. The largest absolute Gasteiger partial charge is 0.448 e. The van der Waals surface area contributed by atoms with Gasteiger partial charge in [0.05, 0.1) is 0 Å². The van der Waals surface area contributed by atoms with Gasteiger partial charge in [-0.2, -0.15) is 0 Å². The third-order valence-electron chi connectivity index (χ3n) is 6.32. The summed E-state index contributed by atoms with van der Waals surface area (Å²) in [6, 6.07) is 17.9. The first-order chi connectivity index (χ1) is 19.4. The van der Waals surface area contributed by atoms with Crippen LogP contribution in [0.5, 0.6) is 0 Å². The van der Waals surface area contributed by atoms with Crippen molar-refractivity contribution in [2.75, 3.05) is 18.6 Å². The number of aromatic nitrogens is 1. The minimum Gasteiger partial charge on any atom is -0.448 e. The Balaban J connectivity index is 1.38. The highest BCUT2D eigenvalue weighted by Crippen LogP contribution is 2.42. The van der Waals surface area contributed by atoms with Gasteiger partial charge in [0.1, 0.15) is 29.9 Å². The Hall–Kier alpha value is -4.42. The molecule has 3 heterocycles. The third-order valence-corrected chi connectivity index (χ3v) is 8.29. The first-order valence-corrected chi connectivity index (χ1v) is 14.1. The van der Waals surface area contributed by atoms with E-state index in [2.05, 4.69) is 22.0 Å². The predicted molar refractivity (Wildman–Crippen MR) is 153 cm³/mol. The van der Waals surface area contributed by atoms with Crippen LogP contribution in [0.15, 0.2) is 95.1 Å². The maximum absolute atomic E-state index is 13.7. The molecule has 1 aromatic heterocycles. The summed E-state index contributed by atoms with van der Waals surface area (Å²) >= 11 is 2.55. The highest BCUT2D eigenvalue weighted by Gasteiger charge is 2.54. The second-order valence-corrected chi connectivity index (χ2v) is 10.7. The number of carbonyl (C=O) groups is 3. The van der Waals surface area contributed by atoms with Crippen LogP contribution >= 0.6 is 23.1 Å². The molecule has 0 spiro atoms. The van der Waals surface area contributed by atoms with Crippen molar-refractivity contribution in [2.24, 2.45) is 5.16 Å². The van der Waals surface area contributed by atoms with E-state index in [1.807, 2.05) is 60.7 Å². The molecule has 3 aromatic rings. The molecule has 12 heteroatoms.